The molecule has 0 bridgehead atoms. The first-order valence-electron chi connectivity index (χ1n) is 8.89. The minimum atomic E-state index is -0.157. The number of nitrogens with two attached hydrogens (primary N) is 1. The molecule has 0 spiro atoms. The number of rotatable bonds is 2. The van der Waals surface area contributed by atoms with Crippen LogP contribution in [-0.4, -0.2) is 10.8 Å². The Bertz CT molecular complexity index is 885. The third-order valence-corrected chi connectivity index (χ3v) is 5.36. The van der Waals surface area contributed by atoms with Gasteiger partial charge in [0, 0.05) is 17.6 Å². The fraction of sp³-hybridized carbons (Fsp3) is 0.429. The summed E-state index contributed by atoms with van der Waals surface area (Å²) in [5, 5.41) is 0. The summed E-state index contributed by atoms with van der Waals surface area (Å²) >= 11 is 0. The number of carbonyl (C=O) groups excluding carboxylic acids is 1. The number of nitrogen functional groups attached to an aromatic ring is 1. The van der Waals surface area contributed by atoms with Crippen LogP contribution in [0.4, 0.5) is 6.01 Å². The van der Waals surface area contributed by atoms with Gasteiger partial charge in [-0.15, -0.1) is 0 Å². The highest BCUT2D eigenvalue weighted by Crippen LogP contribution is 2.54. The lowest BCUT2D eigenvalue weighted by Gasteiger charge is -2.30. The Morgan fingerprint density at radius 1 is 1.20 bits per heavy atom. The van der Waals surface area contributed by atoms with Crippen LogP contribution in [0.1, 0.15) is 75.0 Å². The second-order valence-electron chi connectivity index (χ2n) is 8.35. The maximum Gasteiger partial charge on any atom is 0.292 e. The monoisotopic (exact) mass is 336 g/mol. The van der Waals surface area contributed by atoms with Gasteiger partial charge in [-0.2, -0.15) is 4.98 Å². The zero-order valence-corrected chi connectivity index (χ0v) is 15.2. The molecule has 4 heteroatoms. The third-order valence-electron chi connectivity index (χ3n) is 5.36. The lowest BCUT2D eigenvalue weighted by atomic mass is 9.72. The number of fused-ring (bicyclic) bond motifs is 2. The van der Waals surface area contributed by atoms with Crippen molar-refractivity contribution in [1.29, 1.82) is 0 Å². The Morgan fingerprint density at radius 2 is 1.88 bits per heavy atom. The van der Waals surface area contributed by atoms with Crippen molar-refractivity contribution < 1.29 is 9.21 Å². The number of hydrogen-bond donors (Lipinski definition) is 1. The van der Waals surface area contributed by atoms with Crippen molar-refractivity contribution in [2.45, 2.75) is 52.4 Å². The fourth-order valence-corrected chi connectivity index (χ4v) is 4.17. The maximum absolute atomic E-state index is 12.9. The van der Waals surface area contributed by atoms with Crippen LogP contribution in [0, 0.1) is 5.41 Å². The van der Waals surface area contributed by atoms with Gasteiger partial charge in [0.2, 0.25) is 0 Å². The molecule has 1 aromatic carbocycles. The molecule has 2 N–H and O–H groups in total. The van der Waals surface area contributed by atoms with Crippen molar-refractivity contribution in [1.82, 2.24) is 4.98 Å². The van der Waals surface area contributed by atoms with E-state index >= 15 is 0 Å². The molecule has 0 aliphatic heterocycles. The van der Waals surface area contributed by atoms with Crippen LogP contribution in [-0.2, 0) is 4.79 Å². The predicted octanol–water partition coefficient (Wildman–Crippen LogP) is 4.67. The van der Waals surface area contributed by atoms with Crippen LogP contribution in [0.5, 0.6) is 0 Å². The smallest absolute Gasteiger partial charge is 0.292 e. The molecule has 25 heavy (non-hydrogen) atoms. The molecular weight excluding hydrogens is 312 g/mol. The molecule has 1 aromatic heterocycles. The minimum absolute atomic E-state index is 0.0644. The summed E-state index contributed by atoms with van der Waals surface area (Å²) < 4.78 is 5.71. The second-order valence-corrected chi connectivity index (χ2v) is 8.35. The van der Waals surface area contributed by atoms with Crippen molar-refractivity contribution in [3.8, 4) is 0 Å². The van der Waals surface area contributed by atoms with Crippen LogP contribution in [0.2, 0.25) is 0 Å². The average Bonchev–Trinajstić information content (AvgIpc) is 3.02. The van der Waals surface area contributed by atoms with Gasteiger partial charge in [-0.05, 0) is 28.9 Å². The van der Waals surface area contributed by atoms with Crippen molar-refractivity contribution >= 4 is 17.4 Å². The molecular formula is C21H24N2O2. The Morgan fingerprint density at radius 3 is 2.52 bits per heavy atom. The number of carbonyl (C=O) groups is 1. The lowest BCUT2D eigenvalue weighted by Crippen LogP contribution is -2.25. The molecule has 2 aliphatic carbocycles. The molecule has 0 unspecified atom stereocenters. The summed E-state index contributed by atoms with van der Waals surface area (Å²) in [6.07, 6.45) is 1.38. The number of ketones is 1. The number of Topliss-reactive ketones (excluding diaryl/α,β-unsaturated/α-hetero) is 1. The van der Waals surface area contributed by atoms with E-state index in [0.717, 1.165) is 28.8 Å². The quantitative estimate of drug-likeness (QED) is 0.865. The molecule has 0 amide bonds. The van der Waals surface area contributed by atoms with E-state index in [2.05, 4.69) is 56.9 Å². The maximum atomic E-state index is 12.9. The summed E-state index contributed by atoms with van der Waals surface area (Å²) in [5.41, 5.74) is 10.8. The van der Waals surface area contributed by atoms with E-state index in [1.54, 1.807) is 0 Å². The fourth-order valence-electron chi connectivity index (χ4n) is 4.17. The first-order valence-corrected chi connectivity index (χ1v) is 8.89. The van der Waals surface area contributed by atoms with E-state index in [0.29, 0.717) is 18.1 Å². The van der Waals surface area contributed by atoms with Gasteiger partial charge in [0.25, 0.3) is 6.01 Å². The van der Waals surface area contributed by atoms with Gasteiger partial charge in [0.15, 0.2) is 11.5 Å². The van der Waals surface area contributed by atoms with Crippen LogP contribution in [0.25, 0.3) is 5.57 Å². The normalized spacial score (nSPS) is 21.6. The van der Waals surface area contributed by atoms with Crippen LogP contribution >= 0.6 is 0 Å². The Labute approximate surface area is 148 Å². The highest BCUT2D eigenvalue weighted by atomic mass is 16.4. The minimum Gasteiger partial charge on any atom is -0.424 e. The molecule has 1 heterocycles. The standard InChI is InChI=1S/C21H24N2O2/c1-11(2)12-5-7-13(8-6-12)16-17-14(9-21(3,4)10-15(17)24)19-18(16)23-20(22)25-19/h5-8,11,16H,9-10H2,1-4H3,(H2,22,23)/t16-/m1/s1. The second kappa shape index (κ2) is 5.32. The van der Waals surface area contributed by atoms with Crippen LogP contribution in [0.15, 0.2) is 34.3 Å². The van der Waals surface area contributed by atoms with Gasteiger partial charge >= 0.3 is 0 Å². The van der Waals surface area contributed by atoms with Gasteiger partial charge in [0.05, 0.1) is 5.92 Å². The van der Waals surface area contributed by atoms with Crippen LogP contribution < -0.4 is 5.73 Å². The largest absolute Gasteiger partial charge is 0.424 e. The summed E-state index contributed by atoms with van der Waals surface area (Å²) in [7, 11) is 0. The topological polar surface area (TPSA) is 69.1 Å². The number of nitrogens with zero attached hydrogens (tertiary/aromatic N) is 1. The van der Waals surface area contributed by atoms with E-state index in [4.69, 9.17) is 10.2 Å². The molecule has 4 rings (SSSR count). The Kier molecular flexibility index (Phi) is 3.43. The molecule has 0 saturated carbocycles. The van der Waals surface area contributed by atoms with Crippen molar-refractivity contribution in [2.24, 2.45) is 5.41 Å². The molecule has 2 aliphatic rings. The molecule has 130 valence electrons. The molecule has 0 radical (unpaired) electrons. The summed E-state index contributed by atoms with van der Waals surface area (Å²) in [5.74, 6) is 1.24. The van der Waals surface area contributed by atoms with E-state index in [1.807, 2.05) is 0 Å². The number of oxazole rings is 1. The Hall–Kier alpha value is -2.36. The van der Waals surface area contributed by atoms with E-state index in [-0.39, 0.29) is 23.1 Å². The highest BCUT2D eigenvalue weighted by Gasteiger charge is 2.45. The van der Waals surface area contributed by atoms with Gasteiger partial charge in [-0.25, -0.2) is 0 Å². The lowest BCUT2D eigenvalue weighted by molar-refractivity contribution is -0.117. The summed E-state index contributed by atoms with van der Waals surface area (Å²) in [4.78, 5) is 17.4. The SMILES string of the molecule is CC(C)c1ccc([C@@H]2C3=C(CC(C)(C)CC3=O)c3oc(N)nc32)cc1. The zero-order chi connectivity index (χ0) is 17.9. The number of aromatic nitrogens is 1. The molecule has 0 saturated heterocycles. The highest BCUT2D eigenvalue weighted by molar-refractivity contribution is 6.08. The summed E-state index contributed by atoms with van der Waals surface area (Å²) in [6.45, 7) is 8.60. The molecule has 1 atom stereocenters. The van der Waals surface area contributed by atoms with Crippen molar-refractivity contribution in [3.05, 3.63) is 52.4 Å². The van der Waals surface area contributed by atoms with Gasteiger partial charge in [0.1, 0.15) is 5.69 Å². The zero-order valence-electron chi connectivity index (χ0n) is 15.2. The van der Waals surface area contributed by atoms with Gasteiger partial charge in [-0.1, -0.05) is 52.0 Å². The number of benzene rings is 1. The summed E-state index contributed by atoms with van der Waals surface area (Å²) in [6, 6.07) is 8.67. The van der Waals surface area contributed by atoms with Gasteiger partial charge in [-0.3, -0.25) is 4.79 Å². The van der Waals surface area contributed by atoms with Gasteiger partial charge < -0.3 is 10.2 Å². The number of hydrogen-bond acceptors (Lipinski definition) is 4. The average molecular weight is 336 g/mol. The first-order chi connectivity index (χ1) is 11.8. The number of anilines is 1. The van der Waals surface area contributed by atoms with E-state index in [9.17, 15) is 4.79 Å². The molecule has 4 nitrogen and oxygen atoms in total. The predicted molar refractivity (Wildman–Crippen MR) is 98.2 cm³/mol. The Balaban J connectivity index is 1.86. The van der Waals surface area contributed by atoms with Crippen LogP contribution in [0.3, 0.4) is 0 Å². The molecule has 2 aromatic rings. The molecule has 0 fully saturated rings. The van der Waals surface area contributed by atoms with Crippen molar-refractivity contribution in [3.63, 3.8) is 0 Å². The van der Waals surface area contributed by atoms with Crippen molar-refractivity contribution in [2.75, 3.05) is 5.73 Å². The number of allylic oxidation sites excluding steroid dienone is 2. The van der Waals surface area contributed by atoms with E-state index < -0.39 is 0 Å². The third kappa shape index (κ3) is 2.51. The van der Waals surface area contributed by atoms with E-state index in [1.165, 1.54) is 5.56 Å². The first kappa shape index (κ1) is 16.1.